The van der Waals surface area contributed by atoms with Crippen molar-refractivity contribution in [3.63, 3.8) is 0 Å². The van der Waals surface area contributed by atoms with Crippen molar-refractivity contribution in [2.24, 2.45) is 0 Å². The highest BCUT2D eigenvalue weighted by Gasteiger charge is 2.53. The summed E-state index contributed by atoms with van der Waals surface area (Å²) in [6, 6.07) is 18.3. The minimum Gasteiger partial charge on any atom is -0.297 e. The fourth-order valence-corrected chi connectivity index (χ4v) is 4.25. The Labute approximate surface area is 160 Å². The standard InChI is InChI=1S/C22H25ClN2O/c23-20-9-5-4-8-19(20)16-21(26)22(10-11-22)25-14-12-24(13-15-25)17-18-6-2-1-3-7-18/h1-9H,10-17H2. The number of benzene rings is 2. The van der Waals surface area contributed by atoms with Gasteiger partial charge in [-0.05, 0) is 30.0 Å². The molecule has 1 saturated heterocycles. The molecule has 4 heteroatoms. The van der Waals surface area contributed by atoms with Gasteiger partial charge in [0.05, 0.1) is 5.54 Å². The van der Waals surface area contributed by atoms with Gasteiger partial charge in [0.1, 0.15) is 0 Å². The van der Waals surface area contributed by atoms with Crippen LogP contribution >= 0.6 is 11.6 Å². The molecule has 2 aliphatic rings. The van der Waals surface area contributed by atoms with E-state index in [1.807, 2.05) is 24.3 Å². The molecule has 2 aromatic carbocycles. The van der Waals surface area contributed by atoms with E-state index >= 15 is 0 Å². The molecule has 2 fully saturated rings. The second-order valence-electron chi connectivity index (χ2n) is 7.47. The number of Topliss-reactive ketones (excluding diaryl/α,β-unsaturated/α-hetero) is 1. The lowest BCUT2D eigenvalue weighted by Gasteiger charge is -2.39. The lowest BCUT2D eigenvalue weighted by Crippen LogP contribution is -2.54. The molecule has 1 aliphatic carbocycles. The number of nitrogens with zero attached hydrogens (tertiary/aromatic N) is 2. The SMILES string of the molecule is O=C(Cc1ccccc1Cl)C1(N2CCN(Cc3ccccc3)CC2)CC1. The minimum absolute atomic E-state index is 0.224. The van der Waals surface area contributed by atoms with Gasteiger partial charge in [0.15, 0.2) is 5.78 Å². The van der Waals surface area contributed by atoms with Gasteiger partial charge in [-0.2, -0.15) is 0 Å². The van der Waals surface area contributed by atoms with Gasteiger partial charge in [0, 0.05) is 44.2 Å². The summed E-state index contributed by atoms with van der Waals surface area (Å²) < 4.78 is 0. The van der Waals surface area contributed by atoms with Gasteiger partial charge in [-0.1, -0.05) is 60.1 Å². The van der Waals surface area contributed by atoms with Gasteiger partial charge in [-0.25, -0.2) is 0 Å². The molecule has 0 bridgehead atoms. The highest BCUT2D eigenvalue weighted by molar-refractivity contribution is 6.31. The number of piperazine rings is 1. The number of rotatable bonds is 6. The van der Waals surface area contributed by atoms with Crippen LogP contribution in [0.25, 0.3) is 0 Å². The molecule has 1 saturated carbocycles. The summed E-state index contributed by atoms with van der Waals surface area (Å²) in [4.78, 5) is 17.9. The van der Waals surface area contributed by atoms with E-state index in [4.69, 9.17) is 11.6 Å². The third-order valence-electron chi connectivity index (χ3n) is 5.78. The van der Waals surface area contributed by atoms with Crippen LogP contribution in [-0.2, 0) is 17.8 Å². The van der Waals surface area contributed by atoms with Crippen molar-refractivity contribution in [2.45, 2.75) is 31.3 Å². The summed E-state index contributed by atoms with van der Waals surface area (Å²) in [7, 11) is 0. The molecule has 26 heavy (non-hydrogen) atoms. The fraction of sp³-hybridized carbons (Fsp3) is 0.409. The number of hydrogen-bond acceptors (Lipinski definition) is 3. The third kappa shape index (κ3) is 3.71. The first-order valence-electron chi connectivity index (χ1n) is 9.45. The summed E-state index contributed by atoms with van der Waals surface area (Å²) >= 11 is 6.25. The van der Waals surface area contributed by atoms with E-state index < -0.39 is 0 Å². The topological polar surface area (TPSA) is 23.6 Å². The van der Waals surface area contributed by atoms with E-state index in [0.717, 1.165) is 51.1 Å². The summed E-state index contributed by atoms with van der Waals surface area (Å²) in [5, 5.41) is 0.698. The number of carbonyl (C=O) groups excluding carboxylic acids is 1. The zero-order valence-electron chi connectivity index (χ0n) is 15.0. The smallest absolute Gasteiger partial charge is 0.157 e. The molecule has 0 N–H and O–H groups in total. The first-order chi connectivity index (χ1) is 12.7. The van der Waals surface area contributed by atoms with Crippen LogP contribution in [0.15, 0.2) is 54.6 Å². The molecule has 0 radical (unpaired) electrons. The molecule has 1 aliphatic heterocycles. The summed E-state index contributed by atoms with van der Waals surface area (Å²) in [6.45, 7) is 4.99. The van der Waals surface area contributed by atoms with Crippen molar-refractivity contribution in [2.75, 3.05) is 26.2 Å². The Bertz CT molecular complexity index is 765. The maximum Gasteiger partial charge on any atom is 0.157 e. The van der Waals surface area contributed by atoms with E-state index in [1.165, 1.54) is 5.56 Å². The highest BCUT2D eigenvalue weighted by atomic mass is 35.5. The van der Waals surface area contributed by atoms with Crippen molar-refractivity contribution < 1.29 is 4.79 Å². The van der Waals surface area contributed by atoms with Crippen LogP contribution in [0.2, 0.25) is 5.02 Å². The van der Waals surface area contributed by atoms with Gasteiger partial charge >= 0.3 is 0 Å². The lowest BCUT2D eigenvalue weighted by molar-refractivity contribution is -0.126. The maximum absolute atomic E-state index is 13.0. The van der Waals surface area contributed by atoms with Crippen LogP contribution in [0.1, 0.15) is 24.0 Å². The Morgan fingerprint density at radius 1 is 0.923 bits per heavy atom. The number of ketones is 1. The second kappa shape index (κ2) is 7.51. The monoisotopic (exact) mass is 368 g/mol. The first kappa shape index (κ1) is 17.7. The summed E-state index contributed by atoms with van der Waals surface area (Å²) in [5.74, 6) is 0.335. The molecular weight excluding hydrogens is 344 g/mol. The van der Waals surface area contributed by atoms with Gasteiger partial charge in [-0.3, -0.25) is 14.6 Å². The molecule has 0 spiro atoms. The van der Waals surface area contributed by atoms with Crippen LogP contribution < -0.4 is 0 Å². The predicted molar refractivity (Wildman–Crippen MR) is 105 cm³/mol. The van der Waals surface area contributed by atoms with Crippen LogP contribution in [0.3, 0.4) is 0 Å². The largest absolute Gasteiger partial charge is 0.297 e. The van der Waals surface area contributed by atoms with Gasteiger partial charge in [-0.15, -0.1) is 0 Å². The van der Waals surface area contributed by atoms with Crippen LogP contribution in [0.5, 0.6) is 0 Å². The average molecular weight is 369 g/mol. The van der Waals surface area contributed by atoms with Crippen molar-refractivity contribution in [3.8, 4) is 0 Å². The molecular formula is C22H25ClN2O. The fourth-order valence-electron chi connectivity index (χ4n) is 4.04. The van der Waals surface area contributed by atoms with Gasteiger partial charge in [0.2, 0.25) is 0 Å². The predicted octanol–water partition coefficient (Wildman–Crippen LogP) is 3.80. The first-order valence-corrected chi connectivity index (χ1v) is 9.83. The minimum atomic E-state index is -0.224. The van der Waals surface area contributed by atoms with Gasteiger partial charge in [0.25, 0.3) is 0 Å². The molecule has 0 atom stereocenters. The van der Waals surface area contributed by atoms with Crippen LogP contribution in [-0.4, -0.2) is 47.3 Å². The van der Waals surface area contributed by atoms with Crippen molar-refractivity contribution in [1.82, 2.24) is 9.80 Å². The van der Waals surface area contributed by atoms with E-state index in [-0.39, 0.29) is 5.54 Å². The average Bonchev–Trinajstić information content (AvgIpc) is 3.47. The number of carbonyl (C=O) groups is 1. The molecule has 2 aromatic rings. The second-order valence-corrected chi connectivity index (χ2v) is 7.88. The van der Waals surface area contributed by atoms with E-state index in [0.29, 0.717) is 17.2 Å². The molecule has 0 aromatic heterocycles. The number of halogens is 1. The van der Waals surface area contributed by atoms with Crippen LogP contribution in [0, 0.1) is 0 Å². The van der Waals surface area contributed by atoms with E-state index in [2.05, 4.69) is 40.1 Å². The quantitative estimate of drug-likeness (QED) is 0.774. The molecule has 0 unspecified atom stereocenters. The Kier molecular flexibility index (Phi) is 5.12. The van der Waals surface area contributed by atoms with Gasteiger partial charge < -0.3 is 0 Å². The Hall–Kier alpha value is -1.68. The molecule has 3 nitrogen and oxygen atoms in total. The molecule has 1 heterocycles. The van der Waals surface area contributed by atoms with Crippen molar-refractivity contribution in [1.29, 1.82) is 0 Å². The van der Waals surface area contributed by atoms with Crippen LogP contribution in [0.4, 0.5) is 0 Å². The lowest BCUT2D eigenvalue weighted by atomic mass is 9.99. The van der Waals surface area contributed by atoms with E-state index in [9.17, 15) is 4.79 Å². The molecule has 136 valence electrons. The molecule has 4 rings (SSSR count). The Balaban J connectivity index is 1.35. The van der Waals surface area contributed by atoms with Crippen molar-refractivity contribution in [3.05, 3.63) is 70.7 Å². The Morgan fingerprint density at radius 3 is 2.23 bits per heavy atom. The maximum atomic E-state index is 13.0. The molecule has 0 amide bonds. The zero-order valence-corrected chi connectivity index (χ0v) is 15.8. The Morgan fingerprint density at radius 2 is 1.58 bits per heavy atom. The summed E-state index contributed by atoms with van der Waals surface area (Å²) in [5.41, 5.74) is 2.09. The number of hydrogen-bond donors (Lipinski definition) is 0. The highest BCUT2D eigenvalue weighted by Crippen LogP contribution is 2.44. The third-order valence-corrected chi connectivity index (χ3v) is 6.15. The van der Waals surface area contributed by atoms with Crippen molar-refractivity contribution >= 4 is 17.4 Å². The zero-order chi connectivity index (χ0) is 18.0. The summed E-state index contributed by atoms with van der Waals surface area (Å²) in [6.07, 6.45) is 2.44. The normalized spacial score (nSPS) is 20.0. The van der Waals surface area contributed by atoms with E-state index in [1.54, 1.807) is 0 Å².